The molecule has 2 fully saturated rings. The first-order valence-electron chi connectivity index (χ1n) is 17.9. The van der Waals surface area contributed by atoms with Crippen LogP contribution in [0.15, 0.2) is 23.0 Å². The first kappa shape index (κ1) is 36.2. The van der Waals surface area contributed by atoms with E-state index in [0.717, 1.165) is 81.0 Å². The molecule has 2 aliphatic rings. The fourth-order valence-electron chi connectivity index (χ4n) is 7.64. The van der Waals surface area contributed by atoms with Crippen LogP contribution in [0.5, 0.6) is 0 Å². The molecule has 0 bridgehead atoms. The number of aromatic nitrogens is 1. The first-order valence-corrected chi connectivity index (χ1v) is 17.9. The summed E-state index contributed by atoms with van der Waals surface area (Å²) in [5, 5.41) is 3.11. The van der Waals surface area contributed by atoms with E-state index in [9.17, 15) is 9.59 Å². The number of aromatic amines is 1. The average molecular weight is 636 g/mol. The van der Waals surface area contributed by atoms with Gasteiger partial charge in [0.05, 0.1) is 13.2 Å². The van der Waals surface area contributed by atoms with Crippen LogP contribution < -0.4 is 15.8 Å². The zero-order valence-corrected chi connectivity index (χ0v) is 30.0. The number of ether oxygens (including phenoxy) is 1. The van der Waals surface area contributed by atoms with Gasteiger partial charge in [-0.15, -0.1) is 0 Å². The summed E-state index contributed by atoms with van der Waals surface area (Å²) < 4.78 is 5.57. The van der Waals surface area contributed by atoms with Gasteiger partial charge in [0, 0.05) is 67.3 Å². The van der Waals surface area contributed by atoms with Gasteiger partial charge in [-0.3, -0.25) is 14.5 Å². The molecule has 46 heavy (non-hydrogen) atoms. The van der Waals surface area contributed by atoms with Crippen LogP contribution in [0.4, 0.5) is 5.69 Å². The molecule has 2 N–H and O–H groups in total. The van der Waals surface area contributed by atoms with E-state index in [2.05, 4.69) is 78.9 Å². The molecule has 2 aromatic rings. The van der Waals surface area contributed by atoms with Crippen molar-refractivity contribution in [3.05, 3.63) is 62.1 Å². The average Bonchev–Trinajstić information content (AvgIpc) is 3.04. The van der Waals surface area contributed by atoms with Crippen molar-refractivity contribution in [1.82, 2.24) is 20.1 Å². The molecule has 1 aliphatic heterocycles. The molecule has 0 radical (unpaired) electrons. The summed E-state index contributed by atoms with van der Waals surface area (Å²) in [6, 6.07) is 7.58. The number of aryl methyl sites for hydroxylation is 2. The predicted octanol–water partition coefficient (Wildman–Crippen LogP) is 6.17. The number of carbonyl (C=O) groups excluding carboxylic acids is 1. The summed E-state index contributed by atoms with van der Waals surface area (Å²) in [6.07, 6.45) is 8.14. The lowest BCUT2D eigenvalue weighted by molar-refractivity contribution is 0.0295. The highest BCUT2D eigenvalue weighted by Crippen LogP contribution is 2.36. The number of H-pyrrole nitrogens is 1. The van der Waals surface area contributed by atoms with Crippen molar-refractivity contribution in [2.75, 3.05) is 58.4 Å². The van der Waals surface area contributed by atoms with Crippen molar-refractivity contribution < 1.29 is 9.53 Å². The molecule has 2 heterocycles. The third-order valence-corrected chi connectivity index (χ3v) is 10.8. The quantitative estimate of drug-likeness (QED) is 0.259. The normalized spacial score (nSPS) is 20.5. The zero-order chi connectivity index (χ0) is 33.4. The first-order chi connectivity index (χ1) is 22.0. The molecule has 8 heteroatoms. The molecule has 1 aromatic heterocycles. The highest BCUT2D eigenvalue weighted by Gasteiger charge is 2.29. The standard InChI is InChI=1S/C38H61N5O3/c1-9-30(25-42-17-19-46-20-18-42)12-11-26(3)31-22-34(37(44)39-24-35-27(4)21-28(5)40-38(35)45)29(6)36(23-31)43(10-2)33-15-13-32(14-16-33)41(7)8/h21-23,26,30,32-33H,9-20,24-25H2,1-8H3,(H,39,44)(H,40,45). The van der Waals surface area contributed by atoms with E-state index >= 15 is 0 Å². The fourth-order valence-corrected chi connectivity index (χ4v) is 7.64. The lowest BCUT2D eigenvalue weighted by atomic mass is 9.86. The third-order valence-electron chi connectivity index (χ3n) is 10.8. The maximum absolute atomic E-state index is 13.9. The van der Waals surface area contributed by atoms with E-state index in [1.165, 1.54) is 36.9 Å². The molecule has 1 aromatic carbocycles. The van der Waals surface area contributed by atoms with Crippen molar-refractivity contribution in [1.29, 1.82) is 0 Å². The van der Waals surface area contributed by atoms with Gasteiger partial charge < -0.3 is 24.8 Å². The van der Waals surface area contributed by atoms with Crippen LogP contribution in [-0.4, -0.2) is 86.3 Å². The van der Waals surface area contributed by atoms with Crippen LogP contribution in [-0.2, 0) is 11.3 Å². The van der Waals surface area contributed by atoms with E-state index in [-0.39, 0.29) is 18.0 Å². The Balaban J connectivity index is 1.59. The predicted molar refractivity (Wildman–Crippen MR) is 190 cm³/mol. The SMILES string of the molecule is CCC(CCC(C)c1cc(C(=O)NCc2c(C)cc(C)[nH]c2=O)c(C)c(N(CC)C2CCC(N(C)C)CC2)c1)CN1CCOCC1. The van der Waals surface area contributed by atoms with Crippen molar-refractivity contribution in [2.45, 2.75) is 111 Å². The van der Waals surface area contributed by atoms with E-state index in [1.807, 2.05) is 19.9 Å². The maximum Gasteiger partial charge on any atom is 0.253 e. The van der Waals surface area contributed by atoms with E-state index in [4.69, 9.17) is 4.74 Å². The fraction of sp³-hybridized carbons (Fsp3) is 0.684. The van der Waals surface area contributed by atoms with Crippen molar-refractivity contribution in [2.24, 2.45) is 5.92 Å². The molecule has 8 nitrogen and oxygen atoms in total. The van der Waals surface area contributed by atoms with Gasteiger partial charge in [-0.2, -0.15) is 0 Å². The summed E-state index contributed by atoms with van der Waals surface area (Å²) in [5.41, 5.74) is 6.38. The van der Waals surface area contributed by atoms with Gasteiger partial charge in [0.25, 0.3) is 11.5 Å². The summed E-state index contributed by atoms with van der Waals surface area (Å²) in [4.78, 5) is 37.0. The van der Waals surface area contributed by atoms with Crippen LogP contribution in [0.3, 0.4) is 0 Å². The minimum atomic E-state index is -0.134. The monoisotopic (exact) mass is 635 g/mol. The van der Waals surface area contributed by atoms with Crippen LogP contribution >= 0.6 is 0 Å². The second-order valence-electron chi connectivity index (χ2n) is 14.2. The molecule has 1 saturated heterocycles. The summed E-state index contributed by atoms with van der Waals surface area (Å²) in [6.45, 7) is 18.8. The summed E-state index contributed by atoms with van der Waals surface area (Å²) in [5.74, 6) is 0.872. The van der Waals surface area contributed by atoms with Gasteiger partial charge in [-0.1, -0.05) is 20.3 Å². The molecule has 4 rings (SSSR count). The molecular formula is C38H61N5O3. The largest absolute Gasteiger partial charge is 0.379 e. The Labute approximate surface area is 278 Å². The highest BCUT2D eigenvalue weighted by atomic mass is 16.5. The van der Waals surface area contributed by atoms with Gasteiger partial charge >= 0.3 is 0 Å². The molecule has 1 aliphatic carbocycles. The smallest absolute Gasteiger partial charge is 0.253 e. The van der Waals surface area contributed by atoms with E-state index in [0.29, 0.717) is 29.5 Å². The third kappa shape index (κ3) is 9.23. The minimum absolute atomic E-state index is 0.113. The number of hydrogen-bond donors (Lipinski definition) is 2. The molecule has 1 saturated carbocycles. The Bertz CT molecular complexity index is 1340. The second kappa shape index (κ2) is 16.9. The topological polar surface area (TPSA) is 80.9 Å². The van der Waals surface area contributed by atoms with E-state index in [1.54, 1.807) is 0 Å². The summed E-state index contributed by atoms with van der Waals surface area (Å²) in [7, 11) is 4.39. The lowest BCUT2D eigenvalue weighted by Gasteiger charge is -2.40. The molecule has 1 amide bonds. The highest BCUT2D eigenvalue weighted by molar-refractivity contribution is 5.97. The van der Waals surface area contributed by atoms with Gasteiger partial charge in [0.1, 0.15) is 0 Å². The maximum atomic E-state index is 13.9. The van der Waals surface area contributed by atoms with Gasteiger partial charge in [-0.25, -0.2) is 0 Å². The number of pyridine rings is 1. The van der Waals surface area contributed by atoms with Gasteiger partial charge in [-0.05, 0) is 127 Å². The number of hydrogen-bond acceptors (Lipinski definition) is 6. The minimum Gasteiger partial charge on any atom is -0.379 e. The number of carbonyl (C=O) groups is 1. The van der Waals surface area contributed by atoms with Crippen LogP contribution in [0, 0.1) is 26.7 Å². The lowest BCUT2D eigenvalue weighted by Crippen LogP contribution is -2.42. The van der Waals surface area contributed by atoms with Crippen molar-refractivity contribution in [3.63, 3.8) is 0 Å². The molecule has 2 unspecified atom stereocenters. The van der Waals surface area contributed by atoms with Gasteiger partial charge in [0.15, 0.2) is 0 Å². The van der Waals surface area contributed by atoms with Crippen LogP contribution in [0.2, 0.25) is 0 Å². The number of morpholine rings is 1. The number of benzene rings is 1. The second-order valence-corrected chi connectivity index (χ2v) is 14.2. The molecule has 2 atom stereocenters. The van der Waals surface area contributed by atoms with Crippen LogP contribution in [0.25, 0.3) is 0 Å². The van der Waals surface area contributed by atoms with E-state index < -0.39 is 0 Å². The van der Waals surface area contributed by atoms with Gasteiger partial charge in [0.2, 0.25) is 0 Å². The molecule has 256 valence electrons. The van der Waals surface area contributed by atoms with Crippen molar-refractivity contribution >= 4 is 11.6 Å². The number of anilines is 1. The Morgan fingerprint density at radius 1 is 1.02 bits per heavy atom. The number of nitrogens with zero attached hydrogens (tertiary/aromatic N) is 3. The zero-order valence-electron chi connectivity index (χ0n) is 30.0. The Kier molecular flexibility index (Phi) is 13.3. The molecule has 0 spiro atoms. The molecular weight excluding hydrogens is 574 g/mol. The Morgan fingerprint density at radius 3 is 2.30 bits per heavy atom. The number of rotatable bonds is 14. The summed E-state index contributed by atoms with van der Waals surface area (Å²) >= 11 is 0. The number of nitrogens with one attached hydrogen (secondary N) is 2. The van der Waals surface area contributed by atoms with Crippen LogP contribution in [0.1, 0.15) is 110 Å². The Hall–Kier alpha value is -2.68. The number of amides is 1. The van der Waals surface area contributed by atoms with Crippen molar-refractivity contribution in [3.8, 4) is 0 Å². The Morgan fingerprint density at radius 2 is 1.70 bits per heavy atom.